The molecule has 6 heteroatoms. The Kier molecular flexibility index (Phi) is 7.29. The minimum absolute atomic E-state index is 0.308. The maximum Gasteiger partial charge on any atom is 0.194 e. The van der Waals surface area contributed by atoms with Crippen LogP contribution in [0.25, 0.3) is 0 Å². The van der Waals surface area contributed by atoms with Gasteiger partial charge in [0.15, 0.2) is 5.96 Å². The molecule has 0 radical (unpaired) electrons. The molecular weight excluding hydrogens is 314 g/mol. The zero-order valence-corrected chi connectivity index (χ0v) is 16.8. The van der Waals surface area contributed by atoms with Crippen LogP contribution in [-0.2, 0) is 0 Å². The number of aliphatic imine (C=N–C) groups is 1. The summed E-state index contributed by atoms with van der Waals surface area (Å²) in [7, 11) is 0. The Morgan fingerprint density at radius 2 is 1.88 bits per heavy atom. The molecular formula is C19H35N5O. The van der Waals surface area contributed by atoms with E-state index in [1.54, 1.807) is 0 Å². The van der Waals surface area contributed by atoms with Gasteiger partial charge in [-0.1, -0.05) is 25.9 Å². The fourth-order valence-electron chi connectivity index (χ4n) is 3.59. The SMILES string of the molecule is CCNC(=NCC(C)c1c(C)noc1C)N1CCN(CC(C)C)CC1. The Hall–Kier alpha value is -1.56. The topological polar surface area (TPSA) is 56.9 Å². The maximum atomic E-state index is 5.30. The lowest BCUT2D eigenvalue weighted by Crippen LogP contribution is -2.53. The van der Waals surface area contributed by atoms with Crippen molar-refractivity contribution in [3.05, 3.63) is 17.0 Å². The van der Waals surface area contributed by atoms with Crippen molar-refractivity contribution in [2.24, 2.45) is 10.9 Å². The highest BCUT2D eigenvalue weighted by Crippen LogP contribution is 2.23. The van der Waals surface area contributed by atoms with E-state index in [9.17, 15) is 0 Å². The van der Waals surface area contributed by atoms with E-state index in [-0.39, 0.29) is 0 Å². The standard InChI is InChI=1S/C19H35N5O/c1-7-20-19(24-10-8-23(9-11-24)13-14(2)3)21-12-15(4)18-16(5)22-25-17(18)6/h14-15H,7-13H2,1-6H3,(H,20,21). The number of hydrogen-bond acceptors (Lipinski definition) is 4. The third kappa shape index (κ3) is 5.46. The van der Waals surface area contributed by atoms with Crippen molar-refractivity contribution >= 4 is 5.96 Å². The lowest BCUT2D eigenvalue weighted by Gasteiger charge is -2.37. The number of piperazine rings is 1. The van der Waals surface area contributed by atoms with Crippen LogP contribution in [-0.4, -0.2) is 66.7 Å². The third-order valence-corrected chi connectivity index (χ3v) is 4.73. The highest BCUT2D eigenvalue weighted by Gasteiger charge is 2.21. The van der Waals surface area contributed by atoms with E-state index in [2.05, 4.69) is 48.0 Å². The fraction of sp³-hybridized carbons (Fsp3) is 0.789. The Balaban J connectivity index is 1.97. The fourth-order valence-corrected chi connectivity index (χ4v) is 3.59. The molecule has 1 atom stereocenters. The Morgan fingerprint density at radius 3 is 2.40 bits per heavy atom. The van der Waals surface area contributed by atoms with Crippen molar-refractivity contribution in [2.45, 2.75) is 47.5 Å². The van der Waals surface area contributed by atoms with Gasteiger partial charge in [-0.15, -0.1) is 0 Å². The number of nitrogens with zero attached hydrogens (tertiary/aromatic N) is 4. The number of aromatic nitrogens is 1. The molecule has 25 heavy (non-hydrogen) atoms. The lowest BCUT2D eigenvalue weighted by molar-refractivity contribution is 0.164. The summed E-state index contributed by atoms with van der Waals surface area (Å²) in [5.74, 6) is 2.98. The van der Waals surface area contributed by atoms with Gasteiger partial charge in [0.2, 0.25) is 0 Å². The molecule has 0 amide bonds. The second-order valence-corrected chi connectivity index (χ2v) is 7.52. The van der Waals surface area contributed by atoms with E-state index in [1.165, 1.54) is 12.1 Å². The minimum atomic E-state index is 0.308. The maximum absolute atomic E-state index is 5.30. The highest BCUT2D eigenvalue weighted by molar-refractivity contribution is 5.80. The quantitative estimate of drug-likeness (QED) is 0.632. The normalized spacial score (nSPS) is 18.0. The number of nitrogens with one attached hydrogen (secondary N) is 1. The molecule has 1 unspecified atom stereocenters. The van der Waals surface area contributed by atoms with E-state index < -0.39 is 0 Å². The molecule has 0 bridgehead atoms. The molecule has 1 aliphatic rings. The largest absolute Gasteiger partial charge is 0.361 e. The number of hydrogen-bond donors (Lipinski definition) is 1. The van der Waals surface area contributed by atoms with Gasteiger partial charge in [-0.05, 0) is 26.7 Å². The molecule has 0 spiro atoms. The van der Waals surface area contributed by atoms with Gasteiger partial charge in [-0.2, -0.15) is 0 Å². The van der Waals surface area contributed by atoms with Crippen LogP contribution in [0, 0.1) is 19.8 Å². The number of rotatable bonds is 6. The van der Waals surface area contributed by atoms with Crippen LogP contribution in [0.1, 0.15) is 50.6 Å². The summed E-state index contributed by atoms with van der Waals surface area (Å²) in [6, 6.07) is 0. The lowest BCUT2D eigenvalue weighted by atomic mass is 10.00. The molecule has 0 saturated carbocycles. The molecule has 1 N–H and O–H groups in total. The molecule has 1 aromatic rings. The van der Waals surface area contributed by atoms with Crippen LogP contribution >= 0.6 is 0 Å². The van der Waals surface area contributed by atoms with Gasteiger partial charge >= 0.3 is 0 Å². The zero-order valence-electron chi connectivity index (χ0n) is 16.8. The van der Waals surface area contributed by atoms with Crippen molar-refractivity contribution < 1.29 is 4.52 Å². The second-order valence-electron chi connectivity index (χ2n) is 7.52. The molecule has 142 valence electrons. The molecule has 1 aromatic heterocycles. The molecule has 1 saturated heterocycles. The summed E-state index contributed by atoms with van der Waals surface area (Å²) in [6.07, 6.45) is 0. The van der Waals surface area contributed by atoms with Crippen molar-refractivity contribution in [1.82, 2.24) is 20.3 Å². The first-order chi connectivity index (χ1) is 11.9. The van der Waals surface area contributed by atoms with E-state index in [0.29, 0.717) is 5.92 Å². The van der Waals surface area contributed by atoms with Gasteiger partial charge in [-0.3, -0.25) is 9.89 Å². The molecule has 1 fully saturated rings. The predicted molar refractivity (Wildman–Crippen MR) is 103 cm³/mol. The van der Waals surface area contributed by atoms with Crippen LogP contribution in [0.5, 0.6) is 0 Å². The van der Waals surface area contributed by atoms with Crippen molar-refractivity contribution in [2.75, 3.05) is 45.8 Å². The van der Waals surface area contributed by atoms with E-state index in [0.717, 1.165) is 62.6 Å². The first kappa shape index (κ1) is 19.8. The summed E-state index contributed by atoms with van der Waals surface area (Å²) in [5.41, 5.74) is 2.17. The monoisotopic (exact) mass is 349 g/mol. The van der Waals surface area contributed by atoms with Gasteiger partial charge in [0.05, 0.1) is 5.69 Å². The summed E-state index contributed by atoms with van der Waals surface area (Å²) < 4.78 is 5.30. The van der Waals surface area contributed by atoms with E-state index >= 15 is 0 Å². The molecule has 0 aromatic carbocycles. The Morgan fingerprint density at radius 1 is 1.20 bits per heavy atom. The summed E-state index contributed by atoms with van der Waals surface area (Å²) in [6.45, 7) is 20.0. The van der Waals surface area contributed by atoms with Gasteiger partial charge in [0.1, 0.15) is 5.76 Å². The second kappa shape index (κ2) is 9.22. The Labute approximate surface area is 152 Å². The average Bonchev–Trinajstić information content (AvgIpc) is 2.90. The molecule has 6 nitrogen and oxygen atoms in total. The van der Waals surface area contributed by atoms with Gasteiger partial charge in [-0.25, -0.2) is 0 Å². The van der Waals surface area contributed by atoms with Crippen molar-refractivity contribution in [3.63, 3.8) is 0 Å². The van der Waals surface area contributed by atoms with Crippen LogP contribution in [0.2, 0.25) is 0 Å². The molecule has 2 heterocycles. The molecule has 0 aliphatic carbocycles. The first-order valence-corrected chi connectivity index (χ1v) is 9.60. The highest BCUT2D eigenvalue weighted by atomic mass is 16.5. The third-order valence-electron chi connectivity index (χ3n) is 4.73. The average molecular weight is 350 g/mol. The number of guanidine groups is 1. The smallest absolute Gasteiger partial charge is 0.194 e. The molecule has 2 rings (SSSR count). The van der Waals surface area contributed by atoms with E-state index in [4.69, 9.17) is 9.52 Å². The summed E-state index contributed by atoms with van der Waals surface area (Å²) in [5, 5.41) is 7.52. The zero-order chi connectivity index (χ0) is 18.4. The van der Waals surface area contributed by atoms with Gasteiger partial charge in [0.25, 0.3) is 0 Å². The van der Waals surface area contributed by atoms with Gasteiger partial charge < -0.3 is 14.7 Å². The van der Waals surface area contributed by atoms with Gasteiger partial charge in [0, 0.05) is 57.3 Å². The number of aryl methyl sites for hydroxylation is 2. The van der Waals surface area contributed by atoms with Crippen molar-refractivity contribution in [3.8, 4) is 0 Å². The van der Waals surface area contributed by atoms with Crippen LogP contribution < -0.4 is 5.32 Å². The molecule has 1 aliphatic heterocycles. The van der Waals surface area contributed by atoms with Crippen LogP contribution in [0.3, 0.4) is 0 Å². The van der Waals surface area contributed by atoms with E-state index in [1.807, 2.05) is 13.8 Å². The summed E-state index contributed by atoms with van der Waals surface area (Å²) in [4.78, 5) is 9.85. The summed E-state index contributed by atoms with van der Waals surface area (Å²) >= 11 is 0. The minimum Gasteiger partial charge on any atom is -0.361 e. The predicted octanol–water partition coefficient (Wildman–Crippen LogP) is 2.63. The van der Waals surface area contributed by atoms with Crippen molar-refractivity contribution in [1.29, 1.82) is 0 Å². The van der Waals surface area contributed by atoms with Crippen LogP contribution in [0.4, 0.5) is 0 Å². The van der Waals surface area contributed by atoms with Crippen LogP contribution in [0.15, 0.2) is 9.52 Å². The first-order valence-electron chi connectivity index (χ1n) is 9.60. The Bertz CT molecular complexity index is 539.